The maximum atomic E-state index is 5.67. The number of aromatic nitrogens is 1. The van der Waals surface area contributed by atoms with Crippen LogP contribution in [-0.4, -0.2) is 11.6 Å². The number of hydrogen-bond donors (Lipinski definition) is 0. The van der Waals surface area contributed by atoms with Gasteiger partial charge < -0.3 is 4.74 Å². The molecule has 0 saturated carbocycles. The van der Waals surface area contributed by atoms with Crippen LogP contribution in [-0.2, 0) is 4.74 Å². The molecule has 0 amide bonds. The Bertz CT molecular complexity index is 303. The first-order chi connectivity index (χ1) is 6.79. The second-order valence-electron chi connectivity index (χ2n) is 4.13. The fourth-order valence-corrected chi connectivity index (χ4v) is 1.98. The second-order valence-corrected chi connectivity index (χ2v) is 4.13. The molecular weight excluding hydrogens is 174 g/mol. The monoisotopic (exact) mass is 191 g/mol. The van der Waals surface area contributed by atoms with Crippen molar-refractivity contribution in [1.29, 1.82) is 0 Å². The van der Waals surface area contributed by atoms with Crippen LogP contribution < -0.4 is 0 Å². The number of hydrogen-bond acceptors (Lipinski definition) is 2. The standard InChI is InChI=1S/C12H17NO/c1-9(2)10-5-3-7-13-12(10)11-6-4-8-14-11/h3,5,7,9,11H,4,6,8H2,1-2H3. The van der Waals surface area contributed by atoms with Crippen molar-refractivity contribution in [3.63, 3.8) is 0 Å². The van der Waals surface area contributed by atoms with Crippen LogP contribution in [0.5, 0.6) is 0 Å². The van der Waals surface area contributed by atoms with E-state index < -0.39 is 0 Å². The normalized spacial score (nSPS) is 21.8. The van der Waals surface area contributed by atoms with Crippen LogP contribution in [0, 0.1) is 0 Å². The minimum absolute atomic E-state index is 0.244. The third kappa shape index (κ3) is 1.80. The molecule has 0 aliphatic carbocycles. The van der Waals surface area contributed by atoms with E-state index in [1.165, 1.54) is 12.0 Å². The van der Waals surface area contributed by atoms with Gasteiger partial charge in [-0.2, -0.15) is 0 Å². The molecule has 1 atom stereocenters. The third-order valence-electron chi connectivity index (χ3n) is 2.73. The van der Waals surface area contributed by atoms with E-state index in [0.29, 0.717) is 5.92 Å². The van der Waals surface area contributed by atoms with Crippen LogP contribution in [0.25, 0.3) is 0 Å². The first-order valence-corrected chi connectivity index (χ1v) is 5.35. The molecule has 1 fully saturated rings. The summed E-state index contributed by atoms with van der Waals surface area (Å²) in [7, 11) is 0. The fraction of sp³-hybridized carbons (Fsp3) is 0.583. The molecule has 1 saturated heterocycles. The lowest BCUT2D eigenvalue weighted by Crippen LogP contribution is -2.05. The van der Waals surface area contributed by atoms with Crippen molar-refractivity contribution < 1.29 is 4.74 Å². The Morgan fingerprint density at radius 1 is 1.50 bits per heavy atom. The highest BCUT2D eigenvalue weighted by Gasteiger charge is 2.22. The van der Waals surface area contributed by atoms with E-state index in [4.69, 9.17) is 4.74 Å². The van der Waals surface area contributed by atoms with Crippen LogP contribution in [0.4, 0.5) is 0 Å². The highest BCUT2D eigenvalue weighted by Crippen LogP contribution is 2.31. The number of ether oxygens (including phenoxy) is 1. The Balaban J connectivity index is 2.30. The summed E-state index contributed by atoms with van der Waals surface area (Å²) in [5.41, 5.74) is 2.49. The molecule has 0 spiro atoms. The highest BCUT2D eigenvalue weighted by molar-refractivity contribution is 5.25. The average Bonchev–Trinajstić information content (AvgIpc) is 2.70. The second kappa shape index (κ2) is 4.09. The van der Waals surface area contributed by atoms with Gasteiger partial charge in [0, 0.05) is 12.8 Å². The smallest absolute Gasteiger partial charge is 0.0998 e. The Hall–Kier alpha value is -0.890. The van der Waals surface area contributed by atoms with Gasteiger partial charge in [-0.3, -0.25) is 4.98 Å². The van der Waals surface area contributed by atoms with E-state index in [1.54, 1.807) is 0 Å². The van der Waals surface area contributed by atoms with E-state index in [1.807, 2.05) is 12.3 Å². The van der Waals surface area contributed by atoms with Gasteiger partial charge in [0.05, 0.1) is 11.8 Å². The average molecular weight is 191 g/mol. The van der Waals surface area contributed by atoms with Crippen molar-refractivity contribution in [1.82, 2.24) is 4.98 Å². The molecule has 76 valence electrons. The molecule has 0 N–H and O–H groups in total. The zero-order valence-corrected chi connectivity index (χ0v) is 8.86. The van der Waals surface area contributed by atoms with E-state index in [0.717, 1.165) is 18.7 Å². The molecule has 1 aromatic rings. The van der Waals surface area contributed by atoms with Crippen molar-refractivity contribution >= 4 is 0 Å². The summed E-state index contributed by atoms with van der Waals surface area (Å²) in [6.45, 7) is 5.30. The molecule has 0 radical (unpaired) electrons. The molecular formula is C12H17NO. The minimum atomic E-state index is 0.244. The van der Waals surface area contributed by atoms with Crippen LogP contribution in [0.2, 0.25) is 0 Å². The van der Waals surface area contributed by atoms with Crippen molar-refractivity contribution in [3.8, 4) is 0 Å². The van der Waals surface area contributed by atoms with Crippen LogP contribution >= 0.6 is 0 Å². The third-order valence-corrected chi connectivity index (χ3v) is 2.73. The SMILES string of the molecule is CC(C)c1cccnc1C1CCCO1. The molecule has 2 rings (SSSR count). The topological polar surface area (TPSA) is 22.1 Å². The maximum absolute atomic E-state index is 5.67. The van der Waals surface area contributed by atoms with E-state index >= 15 is 0 Å². The molecule has 1 aromatic heterocycles. The van der Waals surface area contributed by atoms with Crippen LogP contribution in [0.1, 0.15) is 50.0 Å². The van der Waals surface area contributed by atoms with Crippen LogP contribution in [0.15, 0.2) is 18.3 Å². The first kappa shape index (κ1) is 9.66. The Morgan fingerprint density at radius 2 is 2.36 bits per heavy atom. The van der Waals surface area contributed by atoms with Gasteiger partial charge in [-0.15, -0.1) is 0 Å². The van der Waals surface area contributed by atoms with Gasteiger partial charge in [-0.1, -0.05) is 19.9 Å². The Labute approximate surface area is 85.3 Å². The van der Waals surface area contributed by atoms with Crippen molar-refractivity contribution in [2.45, 2.75) is 38.7 Å². The number of rotatable bonds is 2. The van der Waals surface area contributed by atoms with Crippen molar-refractivity contribution in [3.05, 3.63) is 29.6 Å². The highest BCUT2D eigenvalue weighted by atomic mass is 16.5. The molecule has 0 bridgehead atoms. The largest absolute Gasteiger partial charge is 0.372 e. The predicted octanol–water partition coefficient (Wildman–Crippen LogP) is 3.06. The summed E-state index contributed by atoms with van der Waals surface area (Å²) in [4.78, 5) is 4.46. The summed E-state index contributed by atoms with van der Waals surface area (Å²) in [6, 6.07) is 4.17. The van der Waals surface area contributed by atoms with Crippen molar-refractivity contribution in [2.24, 2.45) is 0 Å². The summed E-state index contributed by atoms with van der Waals surface area (Å²) in [5.74, 6) is 0.530. The fourth-order valence-electron chi connectivity index (χ4n) is 1.98. The molecule has 14 heavy (non-hydrogen) atoms. The molecule has 2 heterocycles. The lowest BCUT2D eigenvalue weighted by molar-refractivity contribution is 0.107. The maximum Gasteiger partial charge on any atom is 0.0998 e. The number of nitrogens with zero attached hydrogens (tertiary/aromatic N) is 1. The van der Waals surface area contributed by atoms with Gasteiger partial charge in [0.15, 0.2) is 0 Å². The quantitative estimate of drug-likeness (QED) is 0.716. The summed E-state index contributed by atoms with van der Waals surface area (Å²) in [6.07, 6.45) is 4.40. The summed E-state index contributed by atoms with van der Waals surface area (Å²) in [5, 5.41) is 0. The Kier molecular flexibility index (Phi) is 2.82. The summed E-state index contributed by atoms with van der Waals surface area (Å²) < 4.78 is 5.67. The van der Waals surface area contributed by atoms with Crippen LogP contribution in [0.3, 0.4) is 0 Å². The van der Waals surface area contributed by atoms with Gasteiger partial charge in [0.2, 0.25) is 0 Å². The van der Waals surface area contributed by atoms with Gasteiger partial charge >= 0.3 is 0 Å². The lowest BCUT2D eigenvalue weighted by Gasteiger charge is -2.15. The molecule has 2 heteroatoms. The molecule has 1 aliphatic rings. The molecule has 0 aromatic carbocycles. The minimum Gasteiger partial charge on any atom is -0.372 e. The lowest BCUT2D eigenvalue weighted by atomic mass is 9.98. The van der Waals surface area contributed by atoms with Crippen molar-refractivity contribution in [2.75, 3.05) is 6.61 Å². The molecule has 1 unspecified atom stereocenters. The van der Waals surface area contributed by atoms with Gasteiger partial charge in [0.25, 0.3) is 0 Å². The molecule has 1 aliphatic heterocycles. The Morgan fingerprint density at radius 3 is 3.00 bits per heavy atom. The van der Waals surface area contributed by atoms with Gasteiger partial charge in [0.1, 0.15) is 0 Å². The van der Waals surface area contributed by atoms with Gasteiger partial charge in [-0.05, 0) is 30.4 Å². The summed E-state index contributed by atoms with van der Waals surface area (Å²) >= 11 is 0. The molecule has 2 nitrogen and oxygen atoms in total. The van der Waals surface area contributed by atoms with Gasteiger partial charge in [-0.25, -0.2) is 0 Å². The zero-order chi connectivity index (χ0) is 9.97. The predicted molar refractivity (Wildman–Crippen MR) is 56.3 cm³/mol. The van der Waals surface area contributed by atoms with E-state index in [-0.39, 0.29) is 6.10 Å². The van der Waals surface area contributed by atoms with E-state index in [2.05, 4.69) is 24.9 Å². The van der Waals surface area contributed by atoms with E-state index in [9.17, 15) is 0 Å². The number of pyridine rings is 1. The zero-order valence-electron chi connectivity index (χ0n) is 8.86. The first-order valence-electron chi connectivity index (χ1n) is 5.35.